The largest absolute Gasteiger partial charge is 0.474 e. The summed E-state index contributed by atoms with van der Waals surface area (Å²) in [6.45, 7) is 4.06. The van der Waals surface area contributed by atoms with Gasteiger partial charge in [0, 0.05) is 30.8 Å². The highest BCUT2D eigenvalue weighted by Gasteiger charge is 2.51. The number of hydrogen-bond donors (Lipinski definition) is 1. The van der Waals surface area contributed by atoms with E-state index in [-0.39, 0.29) is 60.7 Å². The summed E-state index contributed by atoms with van der Waals surface area (Å²) in [5.74, 6) is -1.03. The molecule has 4 aliphatic heterocycles. The van der Waals surface area contributed by atoms with Crippen molar-refractivity contribution in [1.29, 1.82) is 0 Å². The lowest BCUT2D eigenvalue weighted by Gasteiger charge is -2.48. The fourth-order valence-electron chi connectivity index (χ4n) is 6.96. The molecule has 0 radical (unpaired) electrons. The molecule has 3 fully saturated rings. The van der Waals surface area contributed by atoms with Crippen molar-refractivity contribution in [2.75, 3.05) is 56.7 Å². The fourth-order valence-corrected chi connectivity index (χ4v) is 7.30. The third kappa shape index (κ3) is 4.43. The average Bonchev–Trinajstić information content (AvgIpc) is 3.38. The van der Waals surface area contributed by atoms with Gasteiger partial charge in [-0.1, -0.05) is 11.6 Å². The summed E-state index contributed by atoms with van der Waals surface area (Å²) in [7, 11) is 0. The van der Waals surface area contributed by atoms with Crippen LogP contribution >= 0.6 is 11.6 Å². The van der Waals surface area contributed by atoms with Gasteiger partial charge in [0.05, 0.1) is 29.3 Å². The predicted octanol–water partition coefficient (Wildman–Crippen LogP) is 5.03. The number of pyridine rings is 1. The van der Waals surface area contributed by atoms with Gasteiger partial charge in [-0.2, -0.15) is 23.1 Å². The van der Waals surface area contributed by atoms with Crippen molar-refractivity contribution in [3.8, 4) is 23.1 Å². The Hall–Kier alpha value is -3.23. The average molecular weight is 627 g/mol. The van der Waals surface area contributed by atoms with Crippen molar-refractivity contribution in [3.63, 3.8) is 0 Å². The van der Waals surface area contributed by atoms with Gasteiger partial charge in [0.25, 0.3) is 0 Å². The fraction of sp³-hybridized carbons (Fsp3) is 0.536. The van der Waals surface area contributed by atoms with Crippen LogP contribution in [0.2, 0.25) is 5.02 Å². The molecule has 4 aliphatic rings. The van der Waals surface area contributed by atoms with Crippen LogP contribution in [0.3, 0.4) is 0 Å². The first-order valence-electron chi connectivity index (χ1n) is 14.0. The molecule has 2 N–H and O–H groups in total. The lowest BCUT2D eigenvalue weighted by molar-refractivity contribution is -0.137. The smallest absolute Gasteiger partial charge is 0.418 e. The van der Waals surface area contributed by atoms with Gasteiger partial charge in [0.15, 0.2) is 5.82 Å². The Bertz CT molecular complexity index is 1620. The highest BCUT2D eigenvalue weighted by atomic mass is 35.5. The molecule has 3 saturated heterocycles. The van der Waals surface area contributed by atoms with Gasteiger partial charge < -0.3 is 24.8 Å². The van der Waals surface area contributed by atoms with Crippen molar-refractivity contribution in [2.24, 2.45) is 0 Å². The van der Waals surface area contributed by atoms with Crippen LogP contribution in [0.15, 0.2) is 12.1 Å². The van der Waals surface area contributed by atoms with E-state index in [0.29, 0.717) is 19.5 Å². The van der Waals surface area contributed by atoms with Crippen LogP contribution in [0, 0.1) is 5.82 Å². The number of hydrogen-bond acceptors (Lipinski definition) is 9. The van der Waals surface area contributed by atoms with Gasteiger partial charge in [0.1, 0.15) is 47.3 Å². The molecule has 3 aromatic rings. The van der Waals surface area contributed by atoms with Crippen molar-refractivity contribution >= 4 is 34.0 Å². The van der Waals surface area contributed by atoms with Crippen molar-refractivity contribution < 1.29 is 36.2 Å². The lowest BCUT2D eigenvalue weighted by atomic mass is 9.95. The first kappa shape index (κ1) is 28.5. The van der Waals surface area contributed by atoms with E-state index in [0.717, 1.165) is 31.5 Å². The molecule has 0 unspecified atom stereocenters. The minimum absolute atomic E-state index is 0.0559. The number of ether oxygens (including phenoxy) is 3. The number of anilines is 2. The van der Waals surface area contributed by atoms with E-state index in [9.17, 15) is 17.6 Å². The predicted molar refractivity (Wildman–Crippen MR) is 148 cm³/mol. The molecule has 2 atom stereocenters. The first-order valence-corrected chi connectivity index (χ1v) is 14.4. The second-order valence-corrected chi connectivity index (χ2v) is 12.1. The molecule has 6 heterocycles. The normalized spacial score (nSPS) is 24.6. The Morgan fingerprint density at radius 2 is 1.98 bits per heavy atom. The molecule has 0 aliphatic carbocycles. The Labute approximate surface area is 248 Å². The molecule has 0 amide bonds. The number of alkyl halides is 4. The van der Waals surface area contributed by atoms with Gasteiger partial charge in [-0.05, 0) is 38.4 Å². The van der Waals surface area contributed by atoms with Crippen LogP contribution in [0.5, 0.6) is 11.9 Å². The third-order valence-corrected chi connectivity index (χ3v) is 9.26. The number of likely N-dealkylation sites (N-methyl/N-ethyl adjacent to an activating group) is 1. The minimum Gasteiger partial charge on any atom is -0.474 e. The molecule has 7 rings (SSSR count). The van der Waals surface area contributed by atoms with E-state index >= 15 is 4.39 Å². The van der Waals surface area contributed by atoms with E-state index in [1.165, 1.54) is 0 Å². The molecule has 2 aromatic heterocycles. The number of halogens is 6. The number of rotatable bonds is 5. The summed E-state index contributed by atoms with van der Waals surface area (Å²) in [5, 5.41) is -0.609. The molecular weight excluding hydrogens is 599 g/mol. The molecular formula is C28H28ClF5N6O3. The quantitative estimate of drug-likeness (QED) is 0.309. The van der Waals surface area contributed by atoms with E-state index in [2.05, 4.69) is 19.9 Å². The van der Waals surface area contributed by atoms with E-state index in [4.69, 9.17) is 31.5 Å². The van der Waals surface area contributed by atoms with Gasteiger partial charge in [-0.15, -0.1) is 0 Å². The maximum Gasteiger partial charge on any atom is 0.418 e. The standard InChI is InChI=1S/C28H28ClF5N6O3/c1-2-40-23-18-22(37-25(38-23)43-12-26-4-3-5-39(26)9-14(30)8-26)20(31)21(36-24(18)42-13-27(40)10-41-11-27)16-6-15(35)7-17(29)19(16)28(32,33)34/h6-7,14H,2-5,8-13,35H2,1H3/t14-,26+/m1/s1. The van der Waals surface area contributed by atoms with Gasteiger partial charge in [0.2, 0.25) is 5.88 Å². The highest BCUT2D eigenvalue weighted by molar-refractivity contribution is 6.32. The van der Waals surface area contributed by atoms with Crippen LogP contribution in [-0.2, 0) is 10.9 Å². The first-order chi connectivity index (χ1) is 20.4. The topological polar surface area (TPSA) is 98.9 Å². The maximum atomic E-state index is 16.5. The maximum absolute atomic E-state index is 16.5. The summed E-state index contributed by atoms with van der Waals surface area (Å²) in [6, 6.07) is 1.72. The molecule has 0 bridgehead atoms. The number of aromatic nitrogens is 3. The van der Waals surface area contributed by atoms with E-state index < -0.39 is 51.1 Å². The zero-order valence-electron chi connectivity index (χ0n) is 23.1. The van der Waals surface area contributed by atoms with Crippen LogP contribution in [0.1, 0.15) is 31.7 Å². The van der Waals surface area contributed by atoms with Gasteiger partial charge in [-0.3, -0.25) is 4.90 Å². The Morgan fingerprint density at radius 3 is 2.67 bits per heavy atom. The molecule has 1 spiro atoms. The Kier molecular flexibility index (Phi) is 6.57. The molecule has 43 heavy (non-hydrogen) atoms. The van der Waals surface area contributed by atoms with Crippen molar-refractivity contribution in [1.82, 2.24) is 19.9 Å². The number of fused-ring (bicyclic) bond motifs is 1. The number of nitrogens with zero attached hydrogens (tertiary/aromatic N) is 5. The molecule has 9 nitrogen and oxygen atoms in total. The molecule has 0 saturated carbocycles. The summed E-state index contributed by atoms with van der Waals surface area (Å²) in [6.07, 6.45) is -4.02. The zero-order chi connectivity index (χ0) is 30.3. The van der Waals surface area contributed by atoms with Crippen LogP contribution in [-0.4, -0.2) is 83.2 Å². The second-order valence-electron chi connectivity index (χ2n) is 11.7. The SMILES string of the molecule is CCN1c2nc(OC[C@@]34CCCN3C[C@H](F)C4)nc3c(F)c(-c4cc(N)cc(Cl)c4C(F)(F)F)nc(c23)OCC12COC2. The monoisotopic (exact) mass is 626 g/mol. The van der Waals surface area contributed by atoms with Crippen LogP contribution in [0.25, 0.3) is 22.2 Å². The Morgan fingerprint density at radius 1 is 1.19 bits per heavy atom. The van der Waals surface area contributed by atoms with Crippen molar-refractivity contribution in [2.45, 2.75) is 49.6 Å². The molecule has 15 heteroatoms. The van der Waals surface area contributed by atoms with Crippen LogP contribution in [0.4, 0.5) is 33.5 Å². The molecule has 1 aromatic carbocycles. The Balaban J connectivity index is 1.42. The summed E-state index contributed by atoms with van der Waals surface area (Å²) in [4.78, 5) is 17.2. The van der Waals surface area contributed by atoms with E-state index in [1.54, 1.807) is 0 Å². The lowest BCUT2D eigenvalue weighted by Crippen LogP contribution is -2.65. The number of nitrogens with two attached hydrogens (primary N) is 1. The number of benzene rings is 1. The second kappa shape index (κ2) is 9.89. The van der Waals surface area contributed by atoms with Crippen molar-refractivity contribution in [3.05, 3.63) is 28.5 Å². The zero-order valence-corrected chi connectivity index (χ0v) is 23.9. The van der Waals surface area contributed by atoms with E-state index in [1.807, 2.05) is 11.8 Å². The third-order valence-electron chi connectivity index (χ3n) is 8.96. The van der Waals surface area contributed by atoms with Gasteiger partial charge in [-0.25, -0.2) is 13.8 Å². The highest BCUT2D eigenvalue weighted by Crippen LogP contribution is 2.48. The summed E-state index contributed by atoms with van der Waals surface area (Å²) >= 11 is 5.98. The molecule has 230 valence electrons. The number of nitrogen functional groups attached to an aromatic ring is 1. The van der Waals surface area contributed by atoms with Gasteiger partial charge >= 0.3 is 12.2 Å². The van der Waals surface area contributed by atoms with Crippen LogP contribution < -0.4 is 20.1 Å². The summed E-state index contributed by atoms with van der Waals surface area (Å²) < 4.78 is 91.1. The summed E-state index contributed by atoms with van der Waals surface area (Å²) in [5.41, 5.74) is 1.57. The minimum atomic E-state index is -4.95.